The van der Waals surface area contributed by atoms with E-state index in [4.69, 9.17) is 9.47 Å². The van der Waals surface area contributed by atoms with Crippen LogP contribution in [0.5, 0.6) is 5.75 Å². The molecular formula is C19H27NO4. The molecule has 0 bridgehead atoms. The lowest BCUT2D eigenvalue weighted by atomic mass is 9.86. The van der Waals surface area contributed by atoms with Gasteiger partial charge in [-0.15, -0.1) is 0 Å². The standard InChI is InChI=1S/C19H27NO4/c1-4-23-16-11-9-15(10-12-16)19(22)24-14(3)18(21)20-17-8-6-5-7-13(17)2/h9-14,17H,4-8H2,1-3H3,(H,20,21)/t13-,14-,17-/m0/s1. The van der Waals surface area contributed by atoms with Crippen LogP contribution in [0.2, 0.25) is 0 Å². The lowest BCUT2D eigenvalue weighted by Crippen LogP contribution is -2.45. The molecule has 5 nitrogen and oxygen atoms in total. The Morgan fingerprint density at radius 3 is 2.50 bits per heavy atom. The van der Waals surface area contributed by atoms with Crippen LogP contribution in [0, 0.1) is 5.92 Å². The van der Waals surface area contributed by atoms with E-state index in [9.17, 15) is 9.59 Å². The third-order valence-electron chi connectivity index (χ3n) is 4.49. The van der Waals surface area contributed by atoms with Gasteiger partial charge in [0.25, 0.3) is 5.91 Å². The first-order valence-electron chi connectivity index (χ1n) is 8.75. The van der Waals surface area contributed by atoms with Gasteiger partial charge in [0.1, 0.15) is 5.75 Å². The molecule has 1 aromatic carbocycles. The summed E-state index contributed by atoms with van der Waals surface area (Å²) in [6.07, 6.45) is 3.67. The summed E-state index contributed by atoms with van der Waals surface area (Å²) in [5.41, 5.74) is 0.407. The minimum Gasteiger partial charge on any atom is -0.494 e. The van der Waals surface area contributed by atoms with Crippen LogP contribution in [-0.4, -0.2) is 30.6 Å². The predicted octanol–water partition coefficient (Wildman–Crippen LogP) is 3.33. The van der Waals surface area contributed by atoms with Gasteiger partial charge in [0.05, 0.1) is 12.2 Å². The van der Waals surface area contributed by atoms with E-state index in [0.29, 0.717) is 23.8 Å². The molecule has 1 N–H and O–H groups in total. The molecule has 0 unspecified atom stereocenters. The van der Waals surface area contributed by atoms with Crippen molar-refractivity contribution in [2.75, 3.05) is 6.61 Å². The molecule has 5 heteroatoms. The van der Waals surface area contributed by atoms with Gasteiger partial charge < -0.3 is 14.8 Å². The maximum absolute atomic E-state index is 12.3. The second-order valence-electron chi connectivity index (χ2n) is 6.38. The summed E-state index contributed by atoms with van der Waals surface area (Å²) in [6.45, 7) is 6.23. The van der Waals surface area contributed by atoms with Crippen LogP contribution >= 0.6 is 0 Å². The molecule has 2 rings (SSSR count). The van der Waals surface area contributed by atoms with Gasteiger partial charge >= 0.3 is 5.97 Å². The molecule has 0 radical (unpaired) electrons. The van der Waals surface area contributed by atoms with E-state index in [2.05, 4.69) is 12.2 Å². The van der Waals surface area contributed by atoms with Crippen molar-refractivity contribution < 1.29 is 19.1 Å². The Bertz CT molecular complexity index is 555. The monoisotopic (exact) mass is 333 g/mol. The van der Waals surface area contributed by atoms with Gasteiger partial charge in [-0.25, -0.2) is 4.79 Å². The average molecular weight is 333 g/mol. The highest BCUT2D eigenvalue weighted by Gasteiger charge is 2.26. The second kappa shape index (κ2) is 8.71. The van der Waals surface area contributed by atoms with Gasteiger partial charge in [0.15, 0.2) is 6.10 Å². The normalized spacial score (nSPS) is 21.6. The van der Waals surface area contributed by atoms with E-state index in [1.807, 2.05) is 6.92 Å². The van der Waals surface area contributed by atoms with Gasteiger partial charge in [0.2, 0.25) is 0 Å². The predicted molar refractivity (Wildman–Crippen MR) is 92.1 cm³/mol. The minimum atomic E-state index is -0.807. The Balaban J connectivity index is 1.86. The molecule has 1 saturated carbocycles. The molecule has 3 atom stereocenters. The first-order valence-corrected chi connectivity index (χ1v) is 8.75. The van der Waals surface area contributed by atoms with Gasteiger partial charge in [-0.3, -0.25) is 4.79 Å². The summed E-state index contributed by atoms with van der Waals surface area (Å²) in [5.74, 6) is 0.438. The van der Waals surface area contributed by atoms with Crippen molar-refractivity contribution in [1.82, 2.24) is 5.32 Å². The Hall–Kier alpha value is -2.04. The average Bonchev–Trinajstić information content (AvgIpc) is 2.57. The number of esters is 1. The van der Waals surface area contributed by atoms with E-state index in [-0.39, 0.29) is 11.9 Å². The van der Waals surface area contributed by atoms with Crippen molar-refractivity contribution in [3.63, 3.8) is 0 Å². The lowest BCUT2D eigenvalue weighted by molar-refractivity contribution is -0.130. The molecular weight excluding hydrogens is 306 g/mol. The van der Waals surface area contributed by atoms with Crippen molar-refractivity contribution in [2.45, 2.75) is 58.6 Å². The van der Waals surface area contributed by atoms with Crippen LogP contribution in [0.25, 0.3) is 0 Å². The summed E-state index contributed by atoms with van der Waals surface area (Å²) in [6, 6.07) is 6.89. The summed E-state index contributed by atoms with van der Waals surface area (Å²) < 4.78 is 10.6. The quantitative estimate of drug-likeness (QED) is 0.811. The topological polar surface area (TPSA) is 64.6 Å². The van der Waals surface area contributed by atoms with Crippen molar-refractivity contribution in [1.29, 1.82) is 0 Å². The molecule has 1 aliphatic rings. The van der Waals surface area contributed by atoms with Crippen LogP contribution < -0.4 is 10.1 Å². The highest BCUT2D eigenvalue weighted by atomic mass is 16.5. The maximum Gasteiger partial charge on any atom is 0.338 e. The van der Waals surface area contributed by atoms with E-state index >= 15 is 0 Å². The summed E-state index contributed by atoms with van der Waals surface area (Å²) in [5, 5.41) is 3.01. The van der Waals surface area contributed by atoms with Gasteiger partial charge in [0, 0.05) is 6.04 Å². The number of amides is 1. The van der Waals surface area contributed by atoms with Gasteiger partial charge in [-0.05, 0) is 56.9 Å². The Morgan fingerprint density at radius 1 is 1.21 bits per heavy atom. The highest BCUT2D eigenvalue weighted by molar-refractivity contribution is 5.92. The number of ether oxygens (including phenoxy) is 2. The SMILES string of the molecule is CCOc1ccc(C(=O)O[C@@H](C)C(=O)N[C@H]2CCCC[C@@H]2C)cc1. The van der Waals surface area contributed by atoms with Crippen molar-refractivity contribution in [3.05, 3.63) is 29.8 Å². The van der Waals surface area contributed by atoms with Crippen LogP contribution in [-0.2, 0) is 9.53 Å². The fourth-order valence-corrected chi connectivity index (χ4v) is 2.97. The third kappa shape index (κ3) is 4.98. The van der Waals surface area contributed by atoms with E-state index in [1.54, 1.807) is 31.2 Å². The molecule has 24 heavy (non-hydrogen) atoms. The van der Waals surface area contributed by atoms with E-state index in [1.165, 1.54) is 6.42 Å². The van der Waals surface area contributed by atoms with Crippen LogP contribution in [0.15, 0.2) is 24.3 Å². The minimum absolute atomic E-state index is 0.179. The highest BCUT2D eigenvalue weighted by Crippen LogP contribution is 2.23. The summed E-state index contributed by atoms with van der Waals surface area (Å²) in [7, 11) is 0. The number of nitrogens with one attached hydrogen (secondary N) is 1. The smallest absolute Gasteiger partial charge is 0.338 e. The van der Waals surface area contributed by atoms with Crippen LogP contribution in [0.1, 0.15) is 56.8 Å². The zero-order valence-corrected chi connectivity index (χ0v) is 14.7. The van der Waals surface area contributed by atoms with Gasteiger partial charge in [-0.2, -0.15) is 0 Å². The molecule has 1 aromatic rings. The molecule has 1 fully saturated rings. The Morgan fingerprint density at radius 2 is 1.88 bits per heavy atom. The second-order valence-corrected chi connectivity index (χ2v) is 6.38. The van der Waals surface area contributed by atoms with E-state index < -0.39 is 12.1 Å². The maximum atomic E-state index is 12.3. The van der Waals surface area contributed by atoms with Crippen LogP contribution in [0.3, 0.4) is 0 Å². The zero-order valence-electron chi connectivity index (χ0n) is 14.7. The van der Waals surface area contributed by atoms with Crippen molar-refractivity contribution in [3.8, 4) is 5.75 Å². The van der Waals surface area contributed by atoms with Crippen molar-refractivity contribution >= 4 is 11.9 Å². The molecule has 0 spiro atoms. The third-order valence-corrected chi connectivity index (χ3v) is 4.49. The molecule has 0 heterocycles. The number of rotatable bonds is 6. The fourth-order valence-electron chi connectivity index (χ4n) is 2.97. The molecule has 132 valence electrons. The molecule has 0 aromatic heterocycles. The number of hydrogen-bond acceptors (Lipinski definition) is 4. The van der Waals surface area contributed by atoms with E-state index in [0.717, 1.165) is 19.3 Å². The Kier molecular flexibility index (Phi) is 6.64. The molecule has 0 aliphatic heterocycles. The first kappa shape index (κ1) is 18.3. The molecule has 0 saturated heterocycles. The number of carbonyl (C=O) groups is 2. The summed E-state index contributed by atoms with van der Waals surface area (Å²) >= 11 is 0. The first-order chi connectivity index (χ1) is 11.5. The number of carbonyl (C=O) groups excluding carboxylic acids is 2. The molecule has 1 amide bonds. The fraction of sp³-hybridized carbons (Fsp3) is 0.579. The largest absolute Gasteiger partial charge is 0.494 e. The summed E-state index contributed by atoms with van der Waals surface area (Å²) in [4.78, 5) is 24.4. The van der Waals surface area contributed by atoms with Crippen LogP contribution in [0.4, 0.5) is 0 Å². The van der Waals surface area contributed by atoms with Crippen molar-refractivity contribution in [2.24, 2.45) is 5.92 Å². The number of hydrogen-bond donors (Lipinski definition) is 1. The molecule has 1 aliphatic carbocycles. The Labute approximate surface area is 143 Å². The lowest BCUT2D eigenvalue weighted by Gasteiger charge is -2.30. The van der Waals surface area contributed by atoms with Gasteiger partial charge in [-0.1, -0.05) is 19.8 Å². The zero-order chi connectivity index (χ0) is 17.5. The number of benzene rings is 1.